The van der Waals surface area contributed by atoms with Gasteiger partial charge in [-0.2, -0.15) is 0 Å². The summed E-state index contributed by atoms with van der Waals surface area (Å²) in [4.78, 5) is 14.7. The fourth-order valence-corrected chi connectivity index (χ4v) is 3.23. The molecule has 1 atom stereocenters. The topological polar surface area (TPSA) is 50.8 Å². The standard InChI is InChI=1S/C21H25FN2O3/c1-26-19-8-2-16(3-9-19)14-21(25)23-15-20(24-10-12-27-13-11-24)17-4-6-18(22)7-5-17/h2-9,20H,10-15H2,1H3,(H,23,25)/t20-/m1/s1. The van der Waals surface area contributed by atoms with Crippen LogP contribution in [0.5, 0.6) is 5.75 Å². The Kier molecular flexibility index (Phi) is 6.79. The predicted octanol–water partition coefficient (Wildman–Crippen LogP) is 2.57. The van der Waals surface area contributed by atoms with E-state index in [9.17, 15) is 9.18 Å². The van der Waals surface area contributed by atoms with Crippen LogP contribution in [0.1, 0.15) is 17.2 Å². The lowest BCUT2D eigenvalue weighted by molar-refractivity contribution is -0.120. The highest BCUT2D eigenvalue weighted by molar-refractivity contribution is 5.78. The Morgan fingerprint density at radius 3 is 2.44 bits per heavy atom. The molecule has 5 nitrogen and oxygen atoms in total. The lowest BCUT2D eigenvalue weighted by Gasteiger charge is -2.35. The van der Waals surface area contributed by atoms with E-state index in [0.717, 1.165) is 30.0 Å². The molecule has 0 aromatic heterocycles. The number of benzene rings is 2. The van der Waals surface area contributed by atoms with Crippen molar-refractivity contribution in [3.63, 3.8) is 0 Å². The van der Waals surface area contributed by atoms with E-state index < -0.39 is 0 Å². The van der Waals surface area contributed by atoms with Crippen LogP contribution in [0.25, 0.3) is 0 Å². The Labute approximate surface area is 159 Å². The first-order chi connectivity index (χ1) is 13.2. The Morgan fingerprint density at radius 2 is 1.81 bits per heavy atom. The van der Waals surface area contributed by atoms with E-state index in [1.54, 1.807) is 19.2 Å². The normalized spacial score (nSPS) is 15.9. The first-order valence-electron chi connectivity index (χ1n) is 9.12. The number of morpholine rings is 1. The third-order valence-electron chi connectivity index (χ3n) is 4.76. The van der Waals surface area contributed by atoms with Crippen molar-refractivity contribution in [1.29, 1.82) is 0 Å². The van der Waals surface area contributed by atoms with Gasteiger partial charge in [0, 0.05) is 19.6 Å². The molecule has 1 fully saturated rings. The van der Waals surface area contributed by atoms with Crippen molar-refractivity contribution in [3.8, 4) is 5.75 Å². The van der Waals surface area contributed by atoms with Crippen molar-refractivity contribution >= 4 is 5.91 Å². The van der Waals surface area contributed by atoms with E-state index in [4.69, 9.17) is 9.47 Å². The van der Waals surface area contributed by atoms with E-state index in [1.165, 1.54) is 12.1 Å². The molecule has 2 aromatic carbocycles. The molecule has 0 bridgehead atoms. The summed E-state index contributed by atoms with van der Waals surface area (Å²) < 4.78 is 23.9. The Morgan fingerprint density at radius 1 is 1.15 bits per heavy atom. The molecule has 1 heterocycles. The summed E-state index contributed by atoms with van der Waals surface area (Å²) in [6.45, 7) is 3.38. The summed E-state index contributed by atoms with van der Waals surface area (Å²) in [6.07, 6.45) is 0.309. The third kappa shape index (κ3) is 5.52. The number of methoxy groups -OCH3 is 1. The zero-order chi connectivity index (χ0) is 19.1. The van der Waals surface area contributed by atoms with Crippen molar-refractivity contribution in [2.45, 2.75) is 12.5 Å². The lowest BCUT2D eigenvalue weighted by Crippen LogP contribution is -2.44. The zero-order valence-electron chi connectivity index (χ0n) is 15.5. The van der Waals surface area contributed by atoms with Gasteiger partial charge in [0.2, 0.25) is 5.91 Å². The number of nitrogens with zero attached hydrogens (tertiary/aromatic N) is 1. The molecule has 144 valence electrons. The minimum absolute atomic E-state index is 0.00526. The number of hydrogen-bond donors (Lipinski definition) is 1. The molecule has 2 aromatic rings. The molecule has 0 aliphatic carbocycles. The highest BCUT2D eigenvalue weighted by Gasteiger charge is 2.23. The van der Waals surface area contributed by atoms with Crippen molar-refractivity contribution in [2.75, 3.05) is 40.0 Å². The van der Waals surface area contributed by atoms with Crippen LogP contribution in [0, 0.1) is 5.82 Å². The maximum absolute atomic E-state index is 13.3. The van der Waals surface area contributed by atoms with E-state index in [-0.39, 0.29) is 17.8 Å². The molecule has 1 N–H and O–H groups in total. The molecule has 0 radical (unpaired) electrons. The molecule has 0 spiro atoms. The van der Waals surface area contributed by atoms with Crippen molar-refractivity contribution < 1.29 is 18.7 Å². The van der Waals surface area contributed by atoms with Crippen LogP contribution in [-0.2, 0) is 16.0 Å². The number of carbonyl (C=O) groups excluding carboxylic acids is 1. The molecule has 27 heavy (non-hydrogen) atoms. The van der Waals surface area contributed by atoms with Crippen LogP contribution in [0.3, 0.4) is 0 Å². The largest absolute Gasteiger partial charge is 0.497 e. The average Bonchev–Trinajstić information content (AvgIpc) is 2.71. The molecule has 0 saturated carbocycles. The van der Waals surface area contributed by atoms with Gasteiger partial charge in [0.05, 0.1) is 32.8 Å². The van der Waals surface area contributed by atoms with Crippen LogP contribution in [-0.4, -0.2) is 50.8 Å². The van der Waals surface area contributed by atoms with Gasteiger partial charge in [0.15, 0.2) is 0 Å². The van der Waals surface area contributed by atoms with E-state index >= 15 is 0 Å². The van der Waals surface area contributed by atoms with Gasteiger partial charge in [-0.05, 0) is 35.4 Å². The summed E-state index contributed by atoms with van der Waals surface area (Å²) in [6, 6.07) is 13.9. The van der Waals surface area contributed by atoms with Gasteiger partial charge in [0.25, 0.3) is 0 Å². The van der Waals surface area contributed by atoms with Crippen molar-refractivity contribution in [3.05, 3.63) is 65.5 Å². The minimum atomic E-state index is -0.261. The zero-order valence-corrected chi connectivity index (χ0v) is 15.5. The molecule has 3 rings (SSSR count). The number of carbonyl (C=O) groups is 1. The van der Waals surface area contributed by atoms with Crippen molar-refractivity contribution in [2.24, 2.45) is 0 Å². The van der Waals surface area contributed by atoms with Gasteiger partial charge >= 0.3 is 0 Å². The van der Waals surface area contributed by atoms with Gasteiger partial charge in [-0.15, -0.1) is 0 Å². The Bertz CT molecular complexity index is 728. The van der Waals surface area contributed by atoms with E-state index in [0.29, 0.717) is 26.2 Å². The number of rotatable bonds is 7. The lowest BCUT2D eigenvalue weighted by atomic mass is 10.0. The molecule has 0 unspecified atom stereocenters. The fraction of sp³-hybridized carbons (Fsp3) is 0.381. The number of ether oxygens (including phenoxy) is 2. The molecule has 6 heteroatoms. The van der Waals surface area contributed by atoms with Crippen molar-refractivity contribution in [1.82, 2.24) is 10.2 Å². The van der Waals surface area contributed by atoms with Gasteiger partial charge in [-0.3, -0.25) is 9.69 Å². The first-order valence-corrected chi connectivity index (χ1v) is 9.12. The molecular formula is C21H25FN2O3. The number of nitrogens with one attached hydrogen (secondary N) is 1. The van der Waals surface area contributed by atoms with Gasteiger partial charge < -0.3 is 14.8 Å². The van der Waals surface area contributed by atoms with Crippen LogP contribution >= 0.6 is 0 Å². The molecular weight excluding hydrogens is 347 g/mol. The Hall–Kier alpha value is -2.44. The van der Waals surface area contributed by atoms with E-state index in [2.05, 4.69) is 10.2 Å². The molecule has 1 aliphatic heterocycles. The summed E-state index contributed by atoms with van der Waals surface area (Å²) in [5.41, 5.74) is 1.92. The number of amides is 1. The fourth-order valence-electron chi connectivity index (χ4n) is 3.23. The second kappa shape index (κ2) is 9.48. The van der Waals surface area contributed by atoms with Gasteiger partial charge in [-0.1, -0.05) is 24.3 Å². The molecule has 1 saturated heterocycles. The maximum Gasteiger partial charge on any atom is 0.224 e. The SMILES string of the molecule is COc1ccc(CC(=O)NC[C@H](c2ccc(F)cc2)N2CCOCC2)cc1. The summed E-state index contributed by atoms with van der Waals surface area (Å²) >= 11 is 0. The summed E-state index contributed by atoms with van der Waals surface area (Å²) in [5.74, 6) is 0.464. The van der Waals surface area contributed by atoms with Crippen LogP contribution in [0.15, 0.2) is 48.5 Å². The number of hydrogen-bond acceptors (Lipinski definition) is 4. The smallest absolute Gasteiger partial charge is 0.224 e. The van der Waals surface area contributed by atoms with Gasteiger partial charge in [-0.25, -0.2) is 4.39 Å². The second-order valence-corrected chi connectivity index (χ2v) is 6.54. The van der Waals surface area contributed by atoms with Crippen LogP contribution in [0.2, 0.25) is 0 Å². The highest BCUT2D eigenvalue weighted by atomic mass is 19.1. The monoisotopic (exact) mass is 372 g/mol. The maximum atomic E-state index is 13.3. The summed E-state index contributed by atoms with van der Waals surface area (Å²) in [7, 11) is 1.61. The predicted molar refractivity (Wildman–Crippen MR) is 101 cm³/mol. The molecule has 1 amide bonds. The quantitative estimate of drug-likeness (QED) is 0.812. The second-order valence-electron chi connectivity index (χ2n) is 6.54. The minimum Gasteiger partial charge on any atom is -0.497 e. The van der Waals surface area contributed by atoms with E-state index in [1.807, 2.05) is 24.3 Å². The number of halogens is 1. The molecule has 1 aliphatic rings. The third-order valence-corrected chi connectivity index (χ3v) is 4.76. The summed E-state index contributed by atoms with van der Waals surface area (Å²) in [5, 5.41) is 3.02. The highest BCUT2D eigenvalue weighted by Crippen LogP contribution is 2.22. The van der Waals surface area contributed by atoms with Gasteiger partial charge in [0.1, 0.15) is 11.6 Å². The first kappa shape index (κ1) is 19.3. The average molecular weight is 372 g/mol. The van der Waals surface area contributed by atoms with Crippen LogP contribution < -0.4 is 10.1 Å². The Balaban J connectivity index is 1.62. The van der Waals surface area contributed by atoms with Crippen LogP contribution in [0.4, 0.5) is 4.39 Å².